The standard InChI is InChI=1S/C19H17Cl2N3O/c1-12(8-16-10-22-11-23-16)24-19(13-2-4-14(20)5-3-13)17-9-15(21)6-7-18(17)25/h2-7,9-12,25H,8H2,1H3,(H,22,23)/t12-/m1/s1. The van der Waals surface area contributed by atoms with Crippen LogP contribution in [0, 0.1) is 0 Å². The average molecular weight is 374 g/mol. The molecule has 0 amide bonds. The first-order valence-electron chi connectivity index (χ1n) is 7.83. The summed E-state index contributed by atoms with van der Waals surface area (Å²) in [6.45, 7) is 2.01. The van der Waals surface area contributed by atoms with E-state index in [2.05, 4.69) is 9.97 Å². The van der Waals surface area contributed by atoms with Crippen LogP contribution in [0.2, 0.25) is 10.0 Å². The fraction of sp³-hybridized carbons (Fsp3) is 0.158. The Morgan fingerprint density at radius 2 is 1.88 bits per heavy atom. The summed E-state index contributed by atoms with van der Waals surface area (Å²) in [6, 6.07) is 12.3. The molecule has 1 heterocycles. The molecule has 2 N–H and O–H groups in total. The van der Waals surface area contributed by atoms with E-state index in [-0.39, 0.29) is 11.8 Å². The highest BCUT2D eigenvalue weighted by atomic mass is 35.5. The van der Waals surface area contributed by atoms with Crippen LogP contribution in [0.3, 0.4) is 0 Å². The molecule has 1 aromatic heterocycles. The smallest absolute Gasteiger partial charge is 0.125 e. The first-order chi connectivity index (χ1) is 12.0. The van der Waals surface area contributed by atoms with E-state index in [1.807, 2.05) is 19.1 Å². The third-order valence-corrected chi connectivity index (χ3v) is 4.24. The maximum atomic E-state index is 10.3. The lowest BCUT2D eigenvalue weighted by molar-refractivity contribution is 0.474. The topological polar surface area (TPSA) is 61.3 Å². The molecule has 1 atom stereocenters. The van der Waals surface area contributed by atoms with E-state index < -0.39 is 0 Å². The summed E-state index contributed by atoms with van der Waals surface area (Å²) in [5.41, 5.74) is 3.12. The van der Waals surface area contributed by atoms with Crippen molar-refractivity contribution in [2.45, 2.75) is 19.4 Å². The van der Waals surface area contributed by atoms with Crippen LogP contribution in [0.1, 0.15) is 23.7 Å². The first-order valence-corrected chi connectivity index (χ1v) is 8.58. The number of benzene rings is 2. The van der Waals surface area contributed by atoms with Crippen LogP contribution in [0.4, 0.5) is 0 Å². The summed E-state index contributed by atoms with van der Waals surface area (Å²) in [6.07, 6.45) is 4.14. The Kier molecular flexibility index (Phi) is 5.41. The van der Waals surface area contributed by atoms with Crippen molar-refractivity contribution in [3.8, 4) is 5.75 Å². The number of nitrogens with one attached hydrogen (secondary N) is 1. The summed E-state index contributed by atoms with van der Waals surface area (Å²) in [7, 11) is 0. The van der Waals surface area contributed by atoms with Gasteiger partial charge in [-0.2, -0.15) is 0 Å². The summed E-state index contributed by atoms with van der Waals surface area (Å²) in [5.74, 6) is 0.131. The summed E-state index contributed by atoms with van der Waals surface area (Å²) in [5, 5.41) is 11.5. The van der Waals surface area contributed by atoms with Crippen LogP contribution in [0.25, 0.3) is 0 Å². The molecule has 0 bridgehead atoms. The molecule has 4 nitrogen and oxygen atoms in total. The molecule has 0 fully saturated rings. The van der Waals surface area contributed by atoms with Gasteiger partial charge in [0.1, 0.15) is 5.75 Å². The van der Waals surface area contributed by atoms with Crippen molar-refractivity contribution >= 4 is 28.9 Å². The molecular weight excluding hydrogens is 357 g/mol. The Balaban J connectivity index is 2.03. The minimum absolute atomic E-state index is 0.0236. The number of aromatic amines is 1. The predicted octanol–water partition coefficient (Wildman–Crippen LogP) is 4.89. The van der Waals surface area contributed by atoms with Gasteiger partial charge in [0.15, 0.2) is 0 Å². The van der Waals surface area contributed by atoms with Gasteiger partial charge in [-0.3, -0.25) is 4.99 Å². The molecule has 128 valence electrons. The molecule has 3 rings (SSSR count). The number of H-pyrrole nitrogens is 1. The van der Waals surface area contributed by atoms with Gasteiger partial charge in [0.25, 0.3) is 0 Å². The number of aromatic hydroxyl groups is 1. The molecule has 0 saturated heterocycles. The molecule has 25 heavy (non-hydrogen) atoms. The van der Waals surface area contributed by atoms with Crippen LogP contribution < -0.4 is 0 Å². The highest BCUT2D eigenvalue weighted by Gasteiger charge is 2.14. The van der Waals surface area contributed by atoms with Gasteiger partial charge in [0, 0.05) is 39.5 Å². The van der Waals surface area contributed by atoms with E-state index in [1.165, 1.54) is 0 Å². The Morgan fingerprint density at radius 1 is 1.16 bits per heavy atom. The first kappa shape index (κ1) is 17.5. The van der Waals surface area contributed by atoms with Gasteiger partial charge in [0.05, 0.1) is 18.1 Å². The zero-order valence-corrected chi connectivity index (χ0v) is 15.1. The SMILES string of the molecule is C[C@H](Cc1cnc[nH]1)N=C(c1ccc(Cl)cc1)c1cc(Cl)ccc1O. The van der Waals surface area contributed by atoms with Crippen molar-refractivity contribution in [2.75, 3.05) is 0 Å². The second-order valence-corrected chi connectivity index (χ2v) is 6.65. The van der Waals surface area contributed by atoms with Crippen molar-refractivity contribution in [1.29, 1.82) is 0 Å². The second kappa shape index (κ2) is 7.72. The van der Waals surface area contributed by atoms with E-state index in [9.17, 15) is 5.11 Å². The Hall–Kier alpha value is -2.30. The number of aromatic nitrogens is 2. The van der Waals surface area contributed by atoms with Crippen molar-refractivity contribution in [2.24, 2.45) is 4.99 Å². The van der Waals surface area contributed by atoms with E-state index >= 15 is 0 Å². The quantitative estimate of drug-likeness (QED) is 0.625. The minimum Gasteiger partial charge on any atom is -0.507 e. The molecule has 2 aromatic carbocycles. The molecule has 0 spiro atoms. The van der Waals surface area contributed by atoms with E-state index in [0.29, 0.717) is 27.7 Å². The molecule has 0 saturated carbocycles. The highest BCUT2D eigenvalue weighted by Crippen LogP contribution is 2.26. The number of hydrogen-bond donors (Lipinski definition) is 2. The number of phenolic OH excluding ortho intramolecular Hbond substituents is 1. The summed E-state index contributed by atoms with van der Waals surface area (Å²) < 4.78 is 0. The molecule has 0 unspecified atom stereocenters. The number of aliphatic imine (C=N–C) groups is 1. The number of hydrogen-bond acceptors (Lipinski definition) is 3. The maximum Gasteiger partial charge on any atom is 0.125 e. The van der Waals surface area contributed by atoms with Crippen LogP contribution in [-0.4, -0.2) is 26.8 Å². The van der Waals surface area contributed by atoms with Gasteiger partial charge < -0.3 is 10.1 Å². The van der Waals surface area contributed by atoms with Gasteiger partial charge in [-0.25, -0.2) is 4.98 Å². The fourth-order valence-corrected chi connectivity index (χ4v) is 2.88. The molecule has 0 aliphatic rings. The lowest BCUT2D eigenvalue weighted by atomic mass is 10.0. The van der Waals surface area contributed by atoms with E-state index in [4.69, 9.17) is 28.2 Å². The largest absolute Gasteiger partial charge is 0.507 e. The molecule has 0 aliphatic carbocycles. The number of halogens is 2. The van der Waals surface area contributed by atoms with Crippen molar-refractivity contribution in [3.05, 3.63) is 81.9 Å². The van der Waals surface area contributed by atoms with Gasteiger partial charge in [-0.05, 0) is 37.3 Å². The summed E-state index contributed by atoms with van der Waals surface area (Å²) in [4.78, 5) is 11.9. The number of phenols is 1. The Bertz CT molecular complexity index is 874. The molecule has 6 heteroatoms. The van der Waals surface area contributed by atoms with Gasteiger partial charge in [0.2, 0.25) is 0 Å². The van der Waals surface area contributed by atoms with Crippen LogP contribution in [-0.2, 0) is 6.42 Å². The van der Waals surface area contributed by atoms with Gasteiger partial charge >= 0.3 is 0 Å². The lowest BCUT2D eigenvalue weighted by Gasteiger charge is -2.13. The number of rotatable bonds is 5. The van der Waals surface area contributed by atoms with E-state index in [1.54, 1.807) is 42.9 Å². The third-order valence-electron chi connectivity index (χ3n) is 3.75. The number of nitrogens with zero attached hydrogens (tertiary/aromatic N) is 2. The number of imidazole rings is 1. The molecule has 0 aliphatic heterocycles. The molecular formula is C19H17Cl2N3O. The minimum atomic E-state index is -0.0236. The van der Waals surface area contributed by atoms with Gasteiger partial charge in [-0.15, -0.1) is 0 Å². The van der Waals surface area contributed by atoms with Gasteiger partial charge in [-0.1, -0.05) is 35.3 Å². The Morgan fingerprint density at radius 3 is 2.56 bits per heavy atom. The molecule has 0 radical (unpaired) electrons. The van der Waals surface area contributed by atoms with Crippen LogP contribution >= 0.6 is 23.2 Å². The molecule has 3 aromatic rings. The second-order valence-electron chi connectivity index (χ2n) is 5.78. The third kappa shape index (κ3) is 4.41. The lowest BCUT2D eigenvalue weighted by Crippen LogP contribution is -2.11. The normalized spacial score (nSPS) is 13.0. The van der Waals surface area contributed by atoms with E-state index in [0.717, 1.165) is 11.3 Å². The average Bonchev–Trinajstić information content (AvgIpc) is 3.09. The van der Waals surface area contributed by atoms with Crippen LogP contribution in [0.15, 0.2) is 60.0 Å². The Labute approximate surface area is 156 Å². The van der Waals surface area contributed by atoms with Crippen LogP contribution in [0.5, 0.6) is 5.75 Å². The zero-order valence-electron chi connectivity index (χ0n) is 13.6. The predicted molar refractivity (Wildman–Crippen MR) is 102 cm³/mol. The maximum absolute atomic E-state index is 10.3. The zero-order chi connectivity index (χ0) is 17.8. The monoisotopic (exact) mass is 373 g/mol. The van der Waals surface area contributed by atoms with Crippen molar-refractivity contribution in [3.63, 3.8) is 0 Å². The fourth-order valence-electron chi connectivity index (χ4n) is 2.59. The highest BCUT2D eigenvalue weighted by molar-refractivity contribution is 6.32. The van der Waals surface area contributed by atoms with Crippen molar-refractivity contribution < 1.29 is 5.11 Å². The van der Waals surface area contributed by atoms with Crippen molar-refractivity contribution in [1.82, 2.24) is 9.97 Å². The summed E-state index contributed by atoms with van der Waals surface area (Å²) >= 11 is 12.1.